The average Bonchev–Trinajstić information content (AvgIpc) is 2.75. The lowest BCUT2D eigenvalue weighted by Gasteiger charge is -2.13. The lowest BCUT2D eigenvalue weighted by molar-refractivity contribution is -0.387. The zero-order valence-corrected chi connectivity index (χ0v) is 17.0. The van der Waals surface area contributed by atoms with E-state index in [4.69, 9.17) is 9.47 Å². The van der Waals surface area contributed by atoms with Gasteiger partial charge in [-0.15, -0.1) is 0 Å². The standard InChI is InChI=1S/C22H24N4O4/c1-25(2)14-13-19-20(26(27)28)21(29-15-17-9-5-3-6-10-17)24-22(23-19)30-16-18-11-7-4-8-12-18/h3-12H,13-16H2,1-2H3. The SMILES string of the molecule is CN(C)CCc1nc(OCc2ccccc2)nc(OCc2ccccc2)c1[N+](=O)[O-]. The fraction of sp³-hybridized carbons (Fsp3) is 0.273. The van der Waals surface area contributed by atoms with Crippen LogP contribution in [0.5, 0.6) is 11.9 Å². The van der Waals surface area contributed by atoms with E-state index in [1.807, 2.05) is 79.7 Å². The number of hydrogen-bond acceptors (Lipinski definition) is 7. The molecule has 0 N–H and O–H groups in total. The van der Waals surface area contributed by atoms with Crippen molar-refractivity contribution in [1.82, 2.24) is 14.9 Å². The summed E-state index contributed by atoms with van der Waals surface area (Å²) in [6, 6.07) is 19.1. The Morgan fingerprint density at radius 2 is 1.47 bits per heavy atom. The molecule has 0 fully saturated rings. The molecule has 0 saturated heterocycles. The second kappa shape index (κ2) is 10.3. The molecular weight excluding hydrogens is 384 g/mol. The van der Waals surface area contributed by atoms with Gasteiger partial charge in [-0.05, 0) is 25.2 Å². The van der Waals surface area contributed by atoms with Crippen LogP contribution in [0, 0.1) is 10.1 Å². The monoisotopic (exact) mass is 408 g/mol. The van der Waals surface area contributed by atoms with Crippen LogP contribution in [-0.2, 0) is 19.6 Å². The minimum absolute atomic E-state index is 0.0567. The minimum Gasteiger partial charge on any atom is -0.468 e. The fourth-order valence-electron chi connectivity index (χ4n) is 2.76. The van der Waals surface area contributed by atoms with Crippen molar-refractivity contribution in [2.75, 3.05) is 20.6 Å². The van der Waals surface area contributed by atoms with Crippen molar-refractivity contribution in [3.63, 3.8) is 0 Å². The van der Waals surface area contributed by atoms with Gasteiger partial charge < -0.3 is 14.4 Å². The molecule has 0 saturated carbocycles. The number of hydrogen-bond donors (Lipinski definition) is 0. The van der Waals surface area contributed by atoms with Gasteiger partial charge in [0.1, 0.15) is 18.9 Å². The Morgan fingerprint density at radius 3 is 2.00 bits per heavy atom. The molecule has 1 aromatic heterocycles. The van der Waals surface area contributed by atoms with Crippen molar-refractivity contribution in [2.45, 2.75) is 19.6 Å². The van der Waals surface area contributed by atoms with E-state index >= 15 is 0 Å². The van der Waals surface area contributed by atoms with Crippen LogP contribution < -0.4 is 9.47 Å². The van der Waals surface area contributed by atoms with E-state index < -0.39 is 4.92 Å². The molecule has 0 aliphatic carbocycles. The van der Waals surface area contributed by atoms with E-state index in [0.717, 1.165) is 11.1 Å². The van der Waals surface area contributed by atoms with Gasteiger partial charge in [0, 0.05) is 13.0 Å². The molecule has 0 aliphatic heterocycles. The van der Waals surface area contributed by atoms with Gasteiger partial charge in [0.25, 0.3) is 0 Å². The summed E-state index contributed by atoms with van der Waals surface area (Å²) >= 11 is 0. The summed E-state index contributed by atoms with van der Waals surface area (Å²) in [6.45, 7) is 1.00. The molecule has 30 heavy (non-hydrogen) atoms. The molecule has 0 atom stereocenters. The number of benzene rings is 2. The summed E-state index contributed by atoms with van der Waals surface area (Å²) in [4.78, 5) is 21.7. The number of nitro groups is 1. The minimum atomic E-state index is -0.494. The van der Waals surface area contributed by atoms with Crippen molar-refractivity contribution in [1.29, 1.82) is 0 Å². The molecule has 0 bridgehead atoms. The summed E-state index contributed by atoms with van der Waals surface area (Å²) in [6.07, 6.45) is 0.370. The Bertz CT molecular complexity index is 966. The predicted octanol–water partition coefficient (Wildman–Crippen LogP) is 3.65. The van der Waals surface area contributed by atoms with Crippen molar-refractivity contribution in [2.24, 2.45) is 0 Å². The number of aromatic nitrogens is 2. The number of likely N-dealkylation sites (N-methyl/N-ethyl adjacent to an activating group) is 1. The summed E-state index contributed by atoms with van der Waals surface area (Å²) in [5.74, 6) is -0.0873. The third-order valence-electron chi connectivity index (χ3n) is 4.31. The summed E-state index contributed by atoms with van der Waals surface area (Å²) in [5, 5.41) is 11.8. The van der Waals surface area contributed by atoms with E-state index in [0.29, 0.717) is 13.0 Å². The smallest absolute Gasteiger partial charge is 0.352 e. The highest BCUT2D eigenvalue weighted by Crippen LogP contribution is 2.31. The van der Waals surface area contributed by atoms with Crippen LogP contribution in [0.25, 0.3) is 0 Å². The van der Waals surface area contributed by atoms with Crippen LogP contribution in [0.3, 0.4) is 0 Å². The maximum absolute atomic E-state index is 11.8. The van der Waals surface area contributed by atoms with Gasteiger partial charge >= 0.3 is 17.6 Å². The van der Waals surface area contributed by atoms with E-state index in [2.05, 4.69) is 9.97 Å². The van der Waals surface area contributed by atoms with Gasteiger partial charge in [-0.2, -0.15) is 9.97 Å². The van der Waals surface area contributed by atoms with Gasteiger partial charge in [-0.3, -0.25) is 10.1 Å². The molecule has 1 heterocycles. The van der Waals surface area contributed by atoms with Crippen LogP contribution in [0.1, 0.15) is 16.8 Å². The zero-order chi connectivity index (χ0) is 21.3. The molecular formula is C22H24N4O4. The van der Waals surface area contributed by atoms with Gasteiger partial charge in [0.15, 0.2) is 0 Å². The van der Waals surface area contributed by atoms with Crippen LogP contribution in [-0.4, -0.2) is 40.4 Å². The average molecular weight is 408 g/mol. The molecule has 0 radical (unpaired) electrons. The van der Waals surface area contributed by atoms with Crippen molar-refractivity contribution in [3.8, 4) is 11.9 Å². The van der Waals surface area contributed by atoms with Crippen LogP contribution in [0.4, 0.5) is 5.69 Å². The van der Waals surface area contributed by atoms with E-state index in [1.54, 1.807) is 0 Å². The second-order valence-corrected chi connectivity index (χ2v) is 6.97. The largest absolute Gasteiger partial charge is 0.468 e. The van der Waals surface area contributed by atoms with Gasteiger partial charge in [-0.25, -0.2) is 0 Å². The molecule has 0 amide bonds. The summed E-state index contributed by atoms with van der Waals surface area (Å²) < 4.78 is 11.5. The van der Waals surface area contributed by atoms with E-state index in [9.17, 15) is 10.1 Å². The Balaban J connectivity index is 1.89. The first-order valence-corrected chi connectivity index (χ1v) is 9.56. The molecule has 3 rings (SSSR count). The first-order valence-electron chi connectivity index (χ1n) is 9.56. The highest BCUT2D eigenvalue weighted by molar-refractivity contribution is 5.46. The topological polar surface area (TPSA) is 90.6 Å². The fourth-order valence-corrected chi connectivity index (χ4v) is 2.76. The van der Waals surface area contributed by atoms with Crippen LogP contribution in [0.15, 0.2) is 60.7 Å². The van der Waals surface area contributed by atoms with Crippen LogP contribution >= 0.6 is 0 Å². The van der Waals surface area contributed by atoms with Crippen molar-refractivity contribution < 1.29 is 14.4 Å². The number of nitrogens with zero attached hydrogens (tertiary/aromatic N) is 4. The molecule has 8 heteroatoms. The Labute approximate surface area is 175 Å². The third-order valence-corrected chi connectivity index (χ3v) is 4.31. The molecule has 2 aromatic carbocycles. The number of rotatable bonds is 10. The van der Waals surface area contributed by atoms with Gasteiger partial charge in [-0.1, -0.05) is 60.7 Å². The lowest BCUT2D eigenvalue weighted by Crippen LogP contribution is -2.17. The highest BCUT2D eigenvalue weighted by atomic mass is 16.6. The van der Waals surface area contributed by atoms with Gasteiger partial charge in [0.2, 0.25) is 0 Å². The van der Waals surface area contributed by atoms with E-state index in [1.165, 1.54) is 0 Å². The molecule has 0 aliphatic rings. The van der Waals surface area contributed by atoms with E-state index in [-0.39, 0.29) is 36.5 Å². The third kappa shape index (κ3) is 5.99. The summed E-state index contributed by atoms with van der Waals surface area (Å²) in [7, 11) is 3.79. The summed E-state index contributed by atoms with van der Waals surface area (Å²) in [5.41, 5.74) is 1.89. The zero-order valence-electron chi connectivity index (χ0n) is 17.0. The highest BCUT2D eigenvalue weighted by Gasteiger charge is 2.27. The molecule has 156 valence electrons. The maximum Gasteiger partial charge on any atom is 0.352 e. The second-order valence-electron chi connectivity index (χ2n) is 6.97. The van der Waals surface area contributed by atoms with Gasteiger partial charge in [0.05, 0.1) is 4.92 Å². The predicted molar refractivity (Wildman–Crippen MR) is 112 cm³/mol. The van der Waals surface area contributed by atoms with Crippen LogP contribution in [0.2, 0.25) is 0 Å². The van der Waals surface area contributed by atoms with Crippen molar-refractivity contribution in [3.05, 3.63) is 87.6 Å². The quantitative estimate of drug-likeness (QED) is 0.374. The normalized spacial score (nSPS) is 10.8. The molecule has 3 aromatic rings. The molecule has 8 nitrogen and oxygen atoms in total. The Kier molecular flexibility index (Phi) is 7.29. The first-order chi connectivity index (χ1) is 14.5. The Morgan fingerprint density at radius 1 is 0.900 bits per heavy atom. The first kappa shape index (κ1) is 21.2. The maximum atomic E-state index is 11.8. The number of ether oxygens (including phenoxy) is 2. The Hall–Kier alpha value is -3.52. The molecule has 0 unspecified atom stereocenters. The molecule has 0 spiro atoms. The van der Waals surface area contributed by atoms with Crippen molar-refractivity contribution >= 4 is 5.69 Å². The lowest BCUT2D eigenvalue weighted by atomic mass is 10.2.